The van der Waals surface area contributed by atoms with Crippen LogP contribution in [0.2, 0.25) is 0 Å². The lowest BCUT2D eigenvalue weighted by Gasteiger charge is -2.30. The molecule has 1 amide bonds. The lowest BCUT2D eigenvalue weighted by atomic mass is 9.96. The summed E-state index contributed by atoms with van der Waals surface area (Å²) in [5, 5.41) is 3.86. The van der Waals surface area contributed by atoms with Crippen LogP contribution in [0, 0.1) is 6.92 Å². The van der Waals surface area contributed by atoms with Gasteiger partial charge in [0.2, 0.25) is 11.8 Å². The van der Waals surface area contributed by atoms with E-state index in [1.165, 1.54) is 24.0 Å². The molecule has 1 aliphatic carbocycles. The standard InChI is InChI=1S/C19H23N3O2/c1-13-20-19(24-21-13)16-7-9-22(10-8-16)18(23)12-14-5-6-15-3-2-4-17(15)11-14/h5-6,11,16H,2-4,7-10,12H2,1H3. The van der Waals surface area contributed by atoms with Gasteiger partial charge < -0.3 is 9.42 Å². The van der Waals surface area contributed by atoms with E-state index in [-0.39, 0.29) is 11.8 Å². The van der Waals surface area contributed by atoms with Gasteiger partial charge in [-0.05, 0) is 55.7 Å². The minimum atomic E-state index is 0.230. The van der Waals surface area contributed by atoms with Crippen molar-refractivity contribution in [3.05, 3.63) is 46.6 Å². The molecule has 1 fully saturated rings. The van der Waals surface area contributed by atoms with Crippen molar-refractivity contribution in [1.82, 2.24) is 15.0 Å². The van der Waals surface area contributed by atoms with Crippen molar-refractivity contribution in [2.45, 2.75) is 51.4 Å². The van der Waals surface area contributed by atoms with Gasteiger partial charge in [-0.1, -0.05) is 23.4 Å². The molecule has 0 atom stereocenters. The summed E-state index contributed by atoms with van der Waals surface area (Å²) in [4.78, 5) is 18.9. The van der Waals surface area contributed by atoms with Crippen molar-refractivity contribution in [2.24, 2.45) is 0 Å². The molecule has 1 saturated heterocycles. The van der Waals surface area contributed by atoms with Crippen LogP contribution < -0.4 is 0 Å². The van der Waals surface area contributed by atoms with Crippen LogP contribution in [0.3, 0.4) is 0 Å². The highest BCUT2D eigenvalue weighted by Crippen LogP contribution is 2.27. The van der Waals surface area contributed by atoms with Crippen molar-refractivity contribution in [3.8, 4) is 0 Å². The number of carbonyl (C=O) groups is 1. The first-order valence-corrected chi connectivity index (χ1v) is 8.88. The van der Waals surface area contributed by atoms with Gasteiger partial charge in [0.1, 0.15) is 0 Å². The molecule has 0 bridgehead atoms. The molecule has 1 aromatic heterocycles. The SMILES string of the molecule is Cc1noc(C2CCN(C(=O)Cc3ccc4c(c3)CCC4)CC2)n1. The minimum absolute atomic E-state index is 0.230. The van der Waals surface area contributed by atoms with Gasteiger partial charge in [0.25, 0.3) is 0 Å². The number of amides is 1. The van der Waals surface area contributed by atoms with E-state index in [2.05, 4.69) is 28.3 Å². The first-order chi connectivity index (χ1) is 11.7. The molecule has 2 aromatic rings. The number of aromatic nitrogens is 2. The second-order valence-corrected chi connectivity index (χ2v) is 6.97. The summed E-state index contributed by atoms with van der Waals surface area (Å²) in [6.07, 6.45) is 5.90. The molecule has 2 aliphatic rings. The van der Waals surface area contributed by atoms with E-state index in [9.17, 15) is 4.79 Å². The molecule has 1 aliphatic heterocycles. The average molecular weight is 325 g/mol. The normalized spacial score (nSPS) is 18.0. The zero-order valence-corrected chi connectivity index (χ0v) is 14.1. The molecule has 0 radical (unpaired) electrons. The van der Waals surface area contributed by atoms with Crippen LogP contribution in [0.4, 0.5) is 0 Å². The smallest absolute Gasteiger partial charge is 0.229 e. The van der Waals surface area contributed by atoms with Gasteiger partial charge in [0.15, 0.2) is 5.82 Å². The fourth-order valence-corrected chi connectivity index (χ4v) is 3.88. The third-order valence-corrected chi connectivity index (χ3v) is 5.26. The fraction of sp³-hybridized carbons (Fsp3) is 0.526. The number of benzene rings is 1. The van der Waals surface area contributed by atoms with Crippen LogP contribution in [-0.2, 0) is 24.1 Å². The average Bonchev–Trinajstić information content (AvgIpc) is 3.23. The maximum absolute atomic E-state index is 12.6. The number of aryl methyl sites for hydroxylation is 3. The zero-order chi connectivity index (χ0) is 16.5. The van der Waals surface area contributed by atoms with Crippen LogP contribution in [0.25, 0.3) is 0 Å². The Balaban J connectivity index is 1.34. The molecule has 0 spiro atoms. The molecule has 0 N–H and O–H groups in total. The van der Waals surface area contributed by atoms with Crippen LogP contribution in [0.15, 0.2) is 22.7 Å². The summed E-state index contributed by atoms with van der Waals surface area (Å²) in [6.45, 7) is 3.38. The van der Waals surface area contributed by atoms with Crippen LogP contribution in [-0.4, -0.2) is 34.0 Å². The first-order valence-electron chi connectivity index (χ1n) is 8.88. The molecule has 0 unspecified atom stereocenters. The van der Waals surface area contributed by atoms with Gasteiger partial charge in [-0.25, -0.2) is 0 Å². The fourth-order valence-electron chi connectivity index (χ4n) is 3.88. The Kier molecular flexibility index (Phi) is 4.08. The molecule has 1 aromatic carbocycles. The zero-order valence-electron chi connectivity index (χ0n) is 14.1. The Morgan fingerprint density at radius 3 is 2.79 bits per heavy atom. The van der Waals surface area contributed by atoms with Crippen LogP contribution >= 0.6 is 0 Å². The van der Waals surface area contributed by atoms with Gasteiger partial charge in [-0.2, -0.15) is 4.98 Å². The monoisotopic (exact) mass is 325 g/mol. The molecular formula is C19H23N3O2. The van der Waals surface area contributed by atoms with E-state index in [1.54, 1.807) is 0 Å². The van der Waals surface area contributed by atoms with Crippen molar-refractivity contribution < 1.29 is 9.32 Å². The predicted molar refractivity (Wildman–Crippen MR) is 89.8 cm³/mol. The Hall–Kier alpha value is -2.17. The Bertz CT molecular complexity index is 745. The van der Waals surface area contributed by atoms with E-state index in [4.69, 9.17) is 4.52 Å². The van der Waals surface area contributed by atoms with Crippen molar-refractivity contribution in [2.75, 3.05) is 13.1 Å². The van der Waals surface area contributed by atoms with E-state index in [0.29, 0.717) is 12.2 Å². The third-order valence-electron chi connectivity index (χ3n) is 5.26. The molecule has 2 heterocycles. The number of rotatable bonds is 3. The molecule has 5 heteroatoms. The summed E-state index contributed by atoms with van der Waals surface area (Å²) >= 11 is 0. The Morgan fingerprint density at radius 1 is 1.25 bits per heavy atom. The lowest BCUT2D eigenvalue weighted by Crippen LogP contribution is -2.38. The largest absolute Gasteiger partial charge is 0.342 e. The third kappa shape index (κ3) is 3.07. The minimum Gasteiger partial charge on any atom is -0.342 e. The molecule has 126 valence electrons. The van der Waals surface area contributed by atoms with Crippen LogP contribution in [0.5, 0.6) is 0 Å². The summed E-state index contributed by atoms with van der Waals surface area (Å²) in [6, 6.07) is 6.55. The highest BCUT2D eigenvalue weighted by atomic mass is 16.5. The molecule has 5 nitrogen and oxygen atoms in total. The Morgan fingerprint density at radius 2 is 2.04 bits per heavy atom. The molecule has 24 heavy (non-hydrogen) atoms. The second kappa shape index (κ2) is 6.38. The highest BCUT2D eigenvalue weighted by Gasteiger charge is 2.27. The van der Waals surface area contributed by atoms with E-state index < -0.39 is 0 Å². The van der Waals surface area contributed by atoms with Crippen LogP contribution in [0.1, 0.15) is 53.6 Å². The summed E-state index contributed by atoms with van der Waals surface area (Å²) in [5.74, 6) is 1.92. The number of nitrogens with zero attached hydrogens (tertiary/aromatic N) is 3. The number of hydrogen-bond acceptors (Lipinski definition) is 4. The van der Waals surface area contributed by atoms with Gasteiger partial charge in [0, 0.05) is 19.0 Å². The van der Waals surface area contributed by atoms with Gasteiger partial charge in [0.05, 0.1) is 6.42 Å². The van der Waals surface area contributed by atoms with Gasteiger partial charge >= 0.3 is 0 Å². The number of hydrogen-bond donors (Lipinski definition) is 0. The predicted octanol–water partition coefficient (Wildman–Crippen LogP) is 2.82. The molecular weight excluding hydrogens is 302 g/mol. The highest BCUT2D eigenvalue weighted by molar-refractivity contribution is 5.79. The summed E-state index contributed by atoms with van der Waals surface area (Å²) in [5.41, 5.74) is 4.04. The van der Waals surface area contributed by atoms with E-state index in [1.807, 2.05) is 11.8 Å². The van der Waals surface area contributed by atoms with Gasteiger partial charge in [-0.3, -0.25) is 4.79 Å². The maximum Gasteiger partial charge on any atom is 0.229 e. The van der Waals surface area contributed by atoms with E-state index >= 15 is 0 Å². The topological polar surface area (TPSA) is 59.2 Å². The lowest BCUT2D eigenvalue weighted by molar-refractivity contribution is -0.131. The van der Waals surface area contributed by atoms with Crippen molar-refractivity contribution >= 4 is 5.91 Å². The number of fused-ring (bicyclic) bond motifs is 1. The quantitative estimate of drug-likeness (QED) is 0.871. The van der Waals surface area contributed by atoms with Crippen molar-refractivity contribution in [3.63, 3.8) is 0 Å². The maximum atomic E-state index is 12.6. The van der Waals surface area contributed by atoms with Crippen molar-refractivity contribution in [1.29, 1.82) is 0 Å². The second-order valence-electron chi connectivity index (χ2n) is 6.97. The Labute approximate surface area is 142 Å². The first kappa shape index (κ1) is 15.4. The molecule has 0 saturated carbocycles. The van der Waals surface area contributed by atoms with E-state index in [0.717, 1.165) is 43.8 Å². The summed E-state index contributed by atoms with van der Waals surface area (Å²) in [7, 11) is 0. The number of carbonyl (C=O) groups excluding carboxylic acids is 1. The number of piperidine rings is 1. The molecule has 4 rings (SSSR count). The summed E-state index contributed by atoms with van der Waals surface area (Å²) < 4.78 is 5.27. The van der Waals surface area contributed by atoms with Gasteiger partial charge in [-0.15, -0.1) is 0 Å². The number of likely N-dealkylation sites (tertiary alicyclic amines) is 1.